The van der Waals surface area contributed by atoms with Crippen LogP contribution >= 0.6 is 0 Å². The van der Waals surface area contributed by atoms with Gasteiger partial charge in [0.2, 0.25) is 11.6 Å². The predicted octanol–water partition coefficient (Wildman–Crippen LogP) is 3.13. The lowest BCUT2D eigenvalue weighted by atomic mass is 9.45. The third-order valence-electron chi connectivity index (χ3n) is 9.36. The minimum absolute atomic E-state index is 0.00309. The first kappa shape index (κ1) is 30.6. The smallest absolute Gasteiger partial charge is 0.254 e. The van der Waals surface area contributed by atoms with Crippen molar-refractivity contribution in [3.63, 3.8) is 0 Å². The summed E-state index contributed by atoms with van der Waals surface area (Å²) in [5, 5.41) is 30.0. The predicted molar refractivity (Wildman–Crippen MR) is 158 cm³/mol. The van der Waals surface area contributed by atoms with Gasteiger partial charge < -0.3 is 25.6 Å². The summed E-state index contributed by atoms with van der Waals surface area (Å²) in [6.07, 6.45) is 0.490. The lowest BCUT2D eigenvalue weighted by molar-refractivity contribution is -0.178. The Bertz CT molecular complexity index is 1780. The molecule has 4 N–H and O–H groups in total. The maximum absolute atomic E-state index is 14.5. The van der Waals surface area contributed by atoms with Crippen LogP contribution in [0.2, 0.25) is 0 Å². The van der Waals surface area contributed by atoms with Gasteiger partial charge in [0, 0.05) is 33.1 Å². The van der Waals surface area contributed by atoms with Gasteiger partial charge in [0.05, 0.1) is 13.2 Å². The number of nitrogens with two attached hydrogens (primary N) is 1. The number of Topliss-reactive ketones (excluding diaryl/α,β-unsaturated/α-hetero) is 2. The Hall–Kier alpha value is -4.88. The molecule has 5 rings (SSSR count). The summed E-state index contributed by atoms with van der Waals surface area (Å²) >= 11 is 0. The molecule has 44 heavy (non-hydrogen) atoms. The summed E-state index contributed by atoms with van der Waals surface area (Å²) in [5.74, 6) is -4.21. The van der Waals surface area contributed by atoms with Crippen LogP contribution in [0.15, 0.2) is 57.5 Å². The van der Waals surface area contributed by atoms with Gasteiger partial charge in [-0.05, 0) is 72.7 Å². The van der Waals surface area contributed by atoms with Gasteiger partial charge in [-0.15, -0.1) is 9.81 Å². The third kappa shape index (κ3) is 3.78. The number of ether oxygens (including phenoxy) is 1. The fourth-order valence-electron chi connectivity index (χ4n) is 7.76. The van der Waals surface area contributed by atoms with Gasteiger partial charge >= 0.3 is 0 Å². The average molecular weight is 603 g/mol. The number of benzene rings is 2. The molecule has 2 aromatic carbocycles. The number of aliphatic hydroxyl groups is 2. The van der Waals surface area contributed by atoms with Crippen LogP contribution in [0.5, 0.6) is 5.75 Å². The molecule has 0 saturated heterocycles. The van der Waals surface area contributed by atoms with E-state index in [4.69, 9.17) is 10.5 Å². The van der Waals surface area contributed by atoms with Crippen LogP contribution in [0.3, 0.4) is 0 Å². The van der Waals surface area contributed by atoms with Crippen molar-refractivity contribution >= 4 is 35.2 Å². The third-order valence-corrected chi connectivity index (χ3v) is 9.36. The lowest BCUT2D eigenvalue weighted by Gasteiger charge is -2.59. The maximum Gasteiger partial charge on any atom is 0.254 e. The van der Waals surface area contributed by atoms with E-state index in [0.29, 0.717) is 34.3 Å². The second-order valence-electron chi connectivity index (χ2n) is 12.2. The summed E-state index contributed by atoms with van der Waals surface area (Å²) in [4.78, 5) is 77.9. The number of ketones is 2. The standard InChI is InChI=1S/C31H30N4O9/c1-29-11-17-15(16-10-14(12-36)6-9-19(16)44-5)7-8-18(33-42)20(17)24(37)22(29)27(39)31(41)26(38)21(28(32)40)23(34-43)25(35(3)4)30(31,2)13-29/h6-10,12,25,37,41H,11,13H2,1-5H3,(H2,32,40)/t25-,29+,30+,31-/m1/s1. The van der Waals surface area contributed by atoms with Crippen molar-refractivity contribution in [2.45, 2.75) is 38.3 Å². The first-order valence-electron chi connectivity index (χ1n) is 13.6. The van der Waals surface area contributed by atoms with E-state index in [1.165, 1.54) is 39.1 Å². The Labute approximate surface area is 251 Å². The van der Waals surface area contributed by atoms with E-state index < -0.39 is 57.0 Å². The van der Waals surface area contributed by atoms with Gasteiger partial charge in [-0.2, -0.15) is 0 Å². The number of likely N-dealkylation sites (N-methyl/N-ethyl adjacent to an activating group) is 1. The second kappa shape index (κ2) is 10.1. The number of rotatable bonds is 7. The molecule has 1 amide bonds. The highest BCUT2D eigenvalue weighted by molar-refractivity contribution is 6.33. The number of carbonyl (C=O) groups excluding carboxylic acids is 4. The molecule has 0 bridgehead atoms. The highest BCUT2D eigenvalue weighted by atomic mass is 16.5. The van der Waals surface area contributed by atoms with Gasteiger partial charge in [0.25, 0.3) is 5.91 Å². The van der Waals surface area contributed by atoms with Gasteiger partial charge in [-0.3, -0.25) is 19.2 Å². The monoisotopic (exact) mass is 602 g/mol. The average Bonchev–Trinajstić information content (AvgIpc) is 2.97. The van der Waals surface area contributed by atoms with Gasteiger partial charge in [0.15, 0.2) is 5.60 Å². The number of carbonyl (C=O) groups is 4. The molecule has 1 saturated carbocycles. The number of hydrogen-bond acceptors (Lipinski definition) is 12. The fourth-order valence-corrected chi connectivity index (χ4v) is 7.76. The van der Waals surface area contributed by atoms with Crippen LogP contribution in [0.25, 0.3) is 16.9 Å². The van der Waals surface area contributed by atoms with Crippen LogP contribution < -0.4 is 10.5 Å². The van der Waals surface area contributed by atoms with E-state index in [0.717, 1.165) is 0 Å². The summed E-state index contributed by atoms with van der Waals surface area (Å²) in [7, 11) is 4.52. The second-order valence-corrected chi connectivity index (χ2v) is 12.2. The number of aldehydes is 1. The number of methoxy groups -OCH3 is 1. The molecule has 3 aliphatic rings. The molecular weight excluding hydrogens is 572 g/mol. The summed E-state index contributed by atoms with van der Waals surface area (Å²) < 4.78 is 5.54. The number of fused-ring (bicyclic) bond motifs is 3. The zero-order valence-electron chi connectivity index (χ0n) is 24.6. The molecule has 0 heterocycles. The maximum atomic E-state index is 14.5. The van der Waals surface area contributed by atoms with Crippen molar-refractivity contribution in [2.24, 2.45) is 26.9 Å². The number of nitroso groups, excluding NO2 is 2. The van der Waals surface area contributed by atoms with Gasteiger partial charge in [-0.1, -0.05) is 19.9 Å². The van der Waals surface area contributed by atoms with Crippen LogP contribution in [0.4, 0.5) is 5.69 Å². The molecule has 0 spiro atoms. The molecule has 0 aliphatic heterocycles. The van der Waals surface area contributed by atoms with E-state index in [9.17, 15) is 39.2 Å². The molecule has 0 aromatic heterocycles. The molecule has 4 atom stereocenters. The van der Waals surface area contributed by atoms with E-state index in [-0.39, 0.29) is 29.7 Å². The van der Waals surface area contributed by atoms with Crippen LogP contribution in [0, 0.1) is 20.6 Å². The molecule has 13 heteroatoms. The molecule has 0 radical (unpaired) electrons. The van der Waals surface area contributed by atoms with Crippen molar-refractivity contribution in [1.82, 2.24) is 4.90 Å². The molecule has 228 valence electrons. The molecule has 1 fully saturated rings. The van der Waals surface area contributed by atoms with E-state index >= 15 is 0 Å². The fraction of sp³-hybridized carbons (Fsp3) is 0.355. The van der Waals surface area contributed by atoms with E-state index in [1.54, 1.807) is 31.2 Å². The molecule has 3 aliphatic carbocycles. The molecular formula is C31H30N4O9. The number of hydrogen-bond donors (Lipinski definition) is 3. The number of aliphatic hydroxyl groups excluding tert-OH is 1. The zero-order valence-corrected chi connectivity index (χ0v) is 24.6. The Morgan fingerprint density at radius 1 is 1.09 bits per heavy atom. The topological polar surface area (TPSA) is 206 Å². The lowest BCUT2D eigenvalue weighted by Crippen LogP contribution is -2.73. The van der Waals surface area contributed by atoms with Crippen molar-refractivity contribution in [1.29, 1.82) is 0 Å². The highest BCUT2D eigenvalue weighted by Gasteiger charge is 2.73. The zero-order chi connectivity index (χ0) is 32.5. The Kier molecular flexibility index (Phi) is 7.02. The number of nitrogens with zero attached hydrogens (tertiary/aromatic N) is 3. The highest BCUT2D eigenvalue weighted by Crippen LogP contribution is 2.63. The van der Waals surface area contributed by atoms with Crippen LogP contribution in [0.1, 0.15) is 41.8 Å². The van der Waals surface area contributed by atoms with E-state index in [2.05, 4.69) is 10.4 Å². The van der Waals surface area contributed by atoms with Crippen LogP contribution in [-0.2, 0) is 20.8 Å². The normalized spacial score (nSPS) is 27.8. The quantitative estimate of drug-likeness (QED) is 0.183. The van der Waals surface area contributed by atoms with Crippen molar-refractivity contribution < 1.29 is 34.1 Å². The van der Waals surface area contributed by atoms with Gasteiger partial charge in [0.1, 0.15) is 34.8 Å². The van der Waals surface area contributed by atoms with Crippen molar-refractivity contribution in [2.75, 3.05) is 21.2 Å². The van der Waals surface area contributed by atoms with Crippen LogP contribution in [-0.4, -0.2) is 71.7 Å². The Balaban J connectivity index is 1.86. The first-order chi connectivity index (χ1) is 20.7. The van der Waals surface area contributed by atoms with Crippen molar-refractivity contribution in [3.05, 3.63) is 73.7 Å². The van der Waals surface area contributed by atoms with Gasteiger partial charge in [-0.25, -0.2) is 0 Å². The molecule has 2 aromatic rings. The van der Waals surface area contributed by atoms with Crippen molar-refractivity contribution in [3.8, 4) is 16.9 Å². The summed E-state index contributed by atoms with van der Waals surface area (Å²) in [6.45, 7) is 3.11. The minimum atomic E-state index is -2.94. The Morgan fingerprint density at radius 3 is 2.32 bits per heavy atom. The minimum Gasteiger partial charge on any atom is -0.507 e. The van der Waals surface area contributed by atoms with E-state index in [1.807, 2.05) is 0 Å². The number of amides is 1. The largest absolute Gasteiger partial charge is 0.507 e. The Morgan fingerprint density at radius 2 is 1.77 bits per heavy atom. The SMILES string of the molecule is COc1ccc(C=O)cc1-c1ccc(N=O)c2c1C[C@@]1(C)C[C@@]3(C)[C@H](N(C)C)C(N=O)=C(C(N)=O)C(=O)[C@@]3(O)C(=O)C1=C2O. The summed E-state index contributed by atoms with van der Waals surface area (Å²) in [5.41, 5.74) is -0.873. The first-order valence-corrected chi connectivity index (χ1v) is 13.6. The molecule has 0 unspecified atom stereocenters. The molecule has 13 nitrogen and oxygen atoms in total. The number of primary amides is 1. The summed E-state index contributed by atoms with van der Waals surface area (Å²) in [6, 6.07) is 6.46.